The summed E-state index contributed by atoms with van der Waals surface area (Å²) in [4.78, 5) is 16.8. The van der Waals surface area contributed by atoms with Gasteiger partial charge in [-0.05, 0) is 37.0 Å². The van der Waals surface area contributed by atoms with E-state index in [1.807, 2.05) is 12.1 Å². The minimum atomic E-state index is 0.159. The molecule has 0 radical (unpaired) electrons. The largest absolute Gasteiger partial charge is 0.380 e. The number of nitrogens with zero attached hydrogens (tertiary/aromatic N) is 1. The molecule has 3 rings (SSSR count). The lowest BCUT2D eigenvalue weighted by atomic mass is 10.1. The van der Waals surface area contributed by atoms with Gasteiger partial charge in [-0.2, -0.15) is 0 Å². The molecule has 0 aliphatic heterocycles. The summed E-state index contributed by atoms with van der Waals surface area (Å²) in [6, 6.07) is 8.64. The SMILES string of the molecule is O=C(CCc1ccc(NCc2cnc(Cl)s2)cc1)NC1CC1. The van der Waals surface area contributed by atoms with Crippen molar-refractivity contribution in [1.82, 2.24) is 10.3 Å². The van der Waals surface area contributed by atoms with E-state index in [1.165, 1.54) is 16.9 Å². The Labute approximate surface area is 138 Å². The molecule has 1 heterocycles. The number of aromatic nitrogens is 1. The molecular weight excluding hydrogens is 318 g/mol. The number of hydrogen-bond donors (Lipinski definition) is 2. The lowest BCUT2D eigenvalue weighted by Crippen LogP contribution is -2.25. The molecule has 0 unspecified atom stereocenters. The molecule has 0 atom stereocenters. The average molecular weight is 336 g/mol. The summed E-state index contributed by atoms with van der Waals surface area (Å²) in [5, 5.41) is 6.34. The maximum Gasteiger partial charge on any atom is 0.220 e. The van der Waals surface area contributed by atoms with Gasteiger partial charge in [-0.25, -0.2) is 4.98 Å². The van der Waals surface area contributed by atoms with Crippen molar-refractivity contribution in [2.75, 3.05) is 5.32 Å². The van der Waals surface area contributed by atoms with Gasteiger partial charge in [-0.1, -0.05) is 23.7 Å². The molecule has 0 spiro atoms. The van der Waals surface area contributed by atoms with Gasteiger partial charge in [0.1, 0.15) is 0 Å². The molecule has 1 aliphatic carbocycles. The van der Waals surface area contributed by atoms with Crippen LogP contribution < -0.4 is 10.6 Å². The van der Waals surface area contributed by atoms with Crippen LogP contribution in [0.2, 0.25) is 4.47 Å². The Balaban J connectivity index is 1.44. The van der Waals surface area contributed by atoms with Crippen molar-refractivity contribution in [2.24, 2.45) is 0 Å². The third-order valence-corrected chi connectivity index (χ3v) is 4.64. The Morgan fingerprint density at radius 3 is 2.73 bits per heavy atom. The fourth-order valence-electron chi connectivity index (χ4n) is 2.13. The molecule has 1 aliphatic rings. The van der Waals surface area contributed by atoms with Gasteiger partial charge in [0.15, 0.2) is 4.47 Å². The smallest absolute Gasteiger partial charge is 0.220 e. The van der Waals surface area contributed by atoms with Crippen molar-refractivity contribution >= 4 is 34.5 Å². The Morgan fingerprint density at radius 1 is 1.32 bits per heavy atom. The number of thiazole rings is 1. The van der Waals surface area contributed by atoms with Crippen LogP contribution in [-0.2, 0) is 17.8 Å². The van der Waals surface area contributed by atoms with E-state index in [1.54, 1.807) is 6.20 Å². The van der Waals surface area contributed by atoms with Gasteiger partial charge < -0.3 is 10.6 Å². The van der Waals surface area contributed by atoms with Gasteiger partial charge in [0, 0.05) is 29.2 Å². The summed E-state index contributed by atoms with van der Waals surface area (Å²) >= 11 is 7.28. The molecule has 1 amide bonds. The van der Waals surface area contributed by atoms with E-state index >= 15 is 0 Å². The highest BCUT2D eigenvalue weighted by atomic mass is 35.5. The van der Waals surface area contributed by atoms with Gasteiger partial charge in [0.2, 0.25) is 5.91 Å². The molecule has 1 saturated carbocycles. The van der Waals surface area contributed by atoms with Crippen LogP contribution >= 0.6 is 22.9 Å². The highest BCUT2D eigenvalue weighted by Gasteiger charge is 2.22. The minimum absolute atomic E-state index is 0.159. The van der Waals surface area contributed by atoms with Crippen LogP contribution in [0, 0.1) is 0 Å². The zero-order valence-electron chi connectivity index (χ0n) is 12.1. The predicted octanol–water partition coefficient (Wildman–Crippen LogP) is 3.62. The first-order valence-electron chi connectivity index (χ1n) is 7.41. The average Bonchev–Trinajstić information content (AvgIpc) is 3.23. The van der Waals surface area contributed by atoms with Gasteiger partial charge in [0.05, 0.1) is 6.54 Å². The lowest BCUT2D eigenvalue weighted by molar-refractivity contribution is -0.121. The molecule has 0 bridgehead atoms. The fourth-order valence-corrected chi connectivity index (χ4v) is 3.05. The van der Waals surface area contributed by atoms with Crippen molar-refractivity contribution in [2.45, 2.75) is 38.3 Å². The van der Waals surface area contributed by atoms with E-state index in [2.05, 4.69) is 27.8 Å². The van der Waals surface area contributed by atoms with E-state index in [0.717, 1.165) is 29.8 Å². The standard InChI is InChI=1S/C16H18ClN3OS/c17-16-19-10-14(22-16)9-18-12-4-1-11(2-5-12)3-8-15(21)20-13-6-7-13/h1-2,4-5,10,13,18H,3,6-9H2,(H,20,21). The third-order valence-electron chi connectivity index (χ3n) is 3.53. The number of halogens is 1. The topological polar surface area (TPSA) is 54.0 Å². The molecule has 1 aromatic heterocycles. The highest BCUT2D eigenvalue weighted by Crippen LogP contribution is 2.20. The van der Waals surface area contributed by atoms with Crippen molar-refractivity contribution < 1.29 is 4.79 Å². The summed E-state index contributed by atoms with van der Waals surface area (Å²) in [6.07, 6.45) is 5.40. The van der Waals surface area contributed by atoms with Gasteiger partial charge in [0.25, 0.3) is 0 Å². The number of benzene rings is 1. The number of anilines is 1. The quantitative estimate of drug-likeness (QED) is 0.812. The van der Waals surface area contributed by atoms with E-state index in [0.29, 0.717) is 23.5 Å². The lowest BCUT2D eigenvalue weighted by Gasteiger charge is -2.07. The molecular formula is C16H18ClN3OS. The monoisotopic (exact) mass is 335 g/mol. The zero-order chi connectivity index (χ0) is 15.4. The summed E-state index contributed by atoms with van der Waals surface area (Å²) in [5.74, 6) is 0.159. The van der Waals surface area contributed by atoms with Crippen LogP contribution in [0.15, 0.2) is 30.5 Å². The van der Waals surface area contributed by atoms with E-state index in [9.17, 15) is 4.79 Å². The first kappa shape index (κ1) is 15.3. The summed E-state index contributed by atoms with van der Waals surface area (Å²) in [5.41, 5.74) is 2.23. The first-order chi connectivity index (χ1) is 10.7. The fraction of sp³-hybridized carbons (Fsp3) is 0.375. The number of amides is 1. The van der Waals surface area contributed by atoms with Crippen LogP contribution in [-0.4, -0.2) is 16.9 Å². The Morgan fingerprint density at radius 2 is 2.09 bits per heavy atom. The van der Waals surface area contributed by atoms with E-state index in [4.69, 9.17) is 11.6 Å². The van der Waals surface area contributed by atoms with Gasteiger partial charge in [-0.3, -0.25) is 4.79 Å². The number of carbonyl (C=O) groups excluding carboxylic acids is 1. The Hall–Kier alpha value is -1.59. The van der Waals surface area contributed by atoms with E-state index < -0.39 is 0 Å². The van der Waals surface area contributed by atoms with Crippen LogP contribution in [0.1, 0.15) is 29.7 Å². The molecule has 2 aromatic rings. The molecule has 116 valence electrons. The van der Waals surface area contributed by atoms with Gasteiger partial charge >= 0.3 is 0 Å². The Kier molecular flexibility index (Phi) is 4.95. The van der Waals surface area contributed by atoms with Crippen molar-refractivity contribution in [3.8, 4) is 0 Å². The van der Waals surface area contributed by atoms with Crippen molar-refractivity contribution in [3.63, 3.8) is 0 Å². The van der Waals surface area contributed by atoms with Crippen LogP contribution in [0.3, 0.4) is 0 Å². The van der Waals surface area contributed by atoms with Gasteiger partial charge in [-0.15, -0.1) is 11.3 Å². The number of nitrogens with one attached hydrogen (secondary N) is 2. The third kappa shape index (κ3) is 4.71. The summed E-state index contributed by atoms with van der Waals surface area (Å²) in [6.45, 7) is 0.716. The normalized spacial score (nSPS) is 13.9. The van der Waals surface area contributed by atoms with Crippen molar-refractivity contribution in [3.05, 3.63) is 45.4 Å². The maximum absolute atomic E-state index is 11.7. The van der Waals surface area contributed by atoms with Crippen LogP contribution in [0.4, 0.5) is 5.69 Å². The highest BCUT2D eigenvalue weighted by molar-refractivity contribution is 7.15. The second kappa shape index (κ2) is 7.11. The number of carbonyl (C=O) groups is 1. The molecule has 4 nitrogen and oxygen atoms in total. The zero-order valence-corrected chi connectivity index (χ0v) is 13.7. The first-order valence-corrected chi connectivity index (χ1v) is 8.61. The second-order valence-electron chi connectivity index (χ2n) is 5.47. The number of rotatable bonds is 7. The minimum Gasteiger partial charge on any atom is -0.380 e. The molecule has 6 heteroatoms. The molecule has 1 aromatic carbocycles. The Bertz CT molecular complexity index is 637. The molecule has 0 saturated heterocycles. The van der Waals surface area contributed by atoms with Crippen molar-refractivity contribution in [1.29, 1.82) is 0 Å². The van der Waals surface area contributed by atoms with E-state index in [-0.39, 0.29) is 5.91 Å². The summed E-state index contributed by atoms with van der Waals surface area (Å²) < 4.78 is 0.566. The maximum atomic E-state index is 11.7. The number of aryl methyl sites for hydroxylation is 1. The van der Waals surface area contributed by atoms with Crippen LogP contribution in [0.25, 0.3) is 0 Å². The summed E-state index contributed by atoms with van der Waals surface area (Å²) in [7, 11) is 0. The second-order valence-corrected chi connectivity index (χ2v) is 7.17. The predicted molar refractivity (Wildman–Crippen MR) is 90.4 cm³/mol. The molecule has 1 fully saturated rings. The molecule has 22 heavy (non-hydrogen) atoms. The number of hydrogen-bond acceptors (Lipinski definition) is 4. The molecule has 2 N–H and O–H groups in total. The van der Waals surface area contributed by atoms with Crippen LogP contribution in [0.5, 0.6) is 0 Å².